The Morgan fingerprint density at radius 1 is 1.32 bits per heavy atom. The maximum Gasteiger partial charge on any atom is 0.241 e. The second kappa shape index (κ2) is 5.22. The molecule has 100 valence electrons. The summed E-state index contributed by atoms with van der Waals surface area (Å²) in [4.78, 5) is 36.1. The Morgan fingerprint density at radius 2 is 2.05 bits per heavy atom. The van der Waals surface area contributed by atoms with Crippen LogP contribution in [0.1, 0.15) is 25.3 Å². The number of rotatable bonds is 3. The average molecular weight is 260 g/mol. The molecule has 0 spiro atoms. The minimum atomic E-state index is -0.448. The molecule has 0 aliphatic carbocycles. The largest absolute Gasteiger partial charge is 0.388 e. The van der Waals surface area contributed by atoms with Crippen molar-refractivity contribution in [1.29, 1.82) is 0 Å². The highest BCUT2D eigenvalue weighted by atomic mass is 16.2. The quantitative estimate of drug-likeness (QED) is 0.837. The number of nitrogens with zero attached hydrogens (tertiary/aromatic N) is 1. The first-order valence-corrected chi connectivity index (χ1v) is 6.19. The number of benzene rings is 1. The molecule has 1 aliphatic rings. The van der Waals surface area contributed by atoms with E-state index in [1.54, 1.807) is 6.07 Å². The van der Waals surface area contributed by atoms with Crippen LogP contribution in [0.3, 0.4) is 0 Å². The van der Waals surface area contributed by atoms with Gasteiger partial charge >= 0.3 is 0 Å². The first-order valence-electron chi connectivity index (χ1n) is 6.19. The molecule has 5 nitrogen and oxygen atoms in total. The highest BCUT2D eigenvalue weighted by Gasteiger charge is 2.29. The number of carbonyl (C=O) groups is 3. The van der Waals surface area contributed by atoms with Crippen LogP contribution < -0.4 is 10.2 Å². The summed E-state index contributed by atoms with van der Waals surface area (Å²) in [7, 11) is 1.81. The van der Waals surface area contributed by atoms with Gasteiger partial charge in [0, 0.05) is 19.2 Å². The molecule has 1 N–H and O–H groups in total. The van der Waals surface area contributed by atoms with E-state index in [2.05, 4.69) is 5.32 Å². The maximum absolute atomic E-state index is 12.0. The Labute approximate surface area is 111 Å². The van der Waals surface area contributed by atoms with Gasteiger partial charge in [-0.05, 0) is 37.1 Å². The molecule has 1 heterocycles. The summed E-state index contributed by atoms with van der Waals surface area (Å²) in [6, 6.07) is 5.48. The van der Waals surface area contributed by atoms with Crippen LogP contribution in [0.5, 0.6) is 0 Å². The zero-order chi connectivity index (χ0) is 14.0. The van der Waals surface area contributed by atoms with E-state index in [1.165, 1.54) is 6.92 Å². The number of hydrogen-bond donors (Lipinski definition) is 1. The van der Waals surface area contributed by atoms with E-state index in [1.807, 2.05) is 19.2 Å². The smallest absolute Gasteiger partial charge is 0.241 e. The van der Waals surface area contributed by atoms with Crippen LogP contribution in [0, 0.1) is 0 Å². The number of hydrogen-bond acceptors (Lipinski definition) is 4. The first kappa shape index (κ1) is 13.3. The van der Waals surface area contributed by atoms with E-state index in [-0.39, 0.29) is 18.1 Å². The minimum absolute atomic E-state index is 0.237. The van der Waals surface area contributed by atoms with Gasteiger partial charge < -0.3 is 5.32 Å². The van der Waals surface area contributed by atoms with Crippen molar-refractivity contribution in [3.05, 3.63) is 23.8 Å². The van der Waals surface area contributed by atoms with Crippen molar-refractivity contribution >= 4 is 29.0 Å². The molecule has 1 aliphatic heterocycles. The van der Waals surface area contributed by atoms with E-state index in [9.17, 15) is 14.4 Å². The summed E-state index contributed by atoms with van der Waals surface area (Å²) in [5, 5.41) is 3.02. The molecule has 5 heteroatoms. The van der Waals surface area contributed by atoms with Crippen molar-refractivity contribution in [1.82, 2.24) is 0 Å². The Balaban J connectivity index is 2.38. The molecule has 2 rings (SSSR count). The fraction of sp³-hybridized carbons (Fsp3) is 0.357. The van der Waals surface area contributed by atoms with Crippen LogP contribution in [0.4, 0.5) is 11.4 Å². The van der Waals surface area contributed by atoms with E-state index >= 15 is 0 Å². The number of ketones is 1. The lowest BCUT2D eigenvalue weighted by Crippen LogP contribution is -2.40. The Bertz CT molecular complexity index is 552. The molecule has 19 heavy (non-hydrogen) atoms. The SMILES string of the molecule is CNc1ccc2c(c1)CCC(=O)N2C(=O)CC(C)=O. The summed E-state index contributed by atoms with van der Waals surface area (Å²) < 4.78 is 0. The van der Waals surface area contributed by atoms with Gasteiger partial charge in [0.05, 0.1) is 12.1 Å². The van der Waals surface area contributed by atoms with E-state index in [0.29, 0.717) is 18.5 Å². The number of nitrogens with one attached hydrogen (secondary N) is 1. The average Bonchev–Trinajstić information content (AvgIpc) is 2.37. The summed E-state index contributed by atoms with van der Waals surface area (Å²) in [6.07, 6.45) is 0.677. The fourth-order valence-electron chi connectivity index (χ4n) is 2.21. The molecule has 0 bridgehead atoms. The zero-order valence-corrected chi connectivity index (χ0v) is 11.0. The molecule has 1 aromatic carbocycles. The zero-order valence-electron chi connectivity index (χ0n) is 11.0. The molecule has 0 aromatic heterocycles. The number of Topliss-reactive ketones (excluding diaryl/α,β-unsaturated/α-hetero) is 1. The van der Waals surface area contributed by atoms with E-state index in [0.717, 1.165) is 16.2 Å². The summed E-state index contributed by atoms with van der Waals surface area (Å²) in [5.74, 6) is -0.927. The molecular weight excluding hydrogens is 244 g/mol. The van der Waals surface area contributed by atoms with Gasteiger partial charge in [-0.25, -0.2) is 4.90 Å². The second-order valence-corrected chi connectivity index (χ2v) is 4.60. The first-order chi connectivity index (χ1) is 9.02. The molecule has 0 unspecified atom stereocenters. The summed E-state index contributed by atoms with van der Waals surface area (Å²) in [6.45, 7) is 1.34. The number of amides is 2. The van der Waals surface area contributed by atoms with Crippen LogP contribution in [-0.2, 0) is 20.8 Å². The third-order valence-electron chi connectivity index (χ3n) is 3.12. The van der Waals surface area contributed by atoms with Crippen LogP contribution in [0.2, 0.25) is 0 Å². The van der Waals surface area contributed by atoms with Gasteiger partial charge in [-0.2, -0.15) is 0 Å². The predicted octanol–water partition coefficient (Wildman–Crippen LogP) is 1.51. The lowest BCUT2D eigenvalue weighted by molar-refractivity contribution is -0.129. The van der Waals surface area contributed by atoms with Crippen molar-refractivity contribution in [2.24, 2.45) is 0 Å². The highest BCUT2D eigenvalue weighted by molar-refractivity contribution is 6.20. The summed E-state index contributed by atoms with van der Waals surface area (Å²) in [5.41, 5.74) is 2.48. The Morgan fingerprint density at radius 3 is 2.68 bits per heavy atom. The third-order valence-corrected chi connectivity index (χ3v) is 3.12. The van der Waals surface area contributed by atoms with Crippen LogP contribution >= 0.6 is 0 Å². The molecule has 0 saturated carbocycles. The monoisotopic (exact) mass is 260 g/mol. The second-order valence-electron chi connectivity index (χ2n) is 4.60. The molecule has 0 fully saturated rings. The topological polar surface area (TPSA) is 66.5 Å². The lowest BCUT2D eigenvalue weighted by Gasteiger charge is -2.28. The Hall–Kier alpha value is -2.17. The standard InChI is InChI=1S/C14H16N2O3/c1-9(17)7-14(19)16-12-5-4-11(15-2)8-10(12)3-6-13(16)18/h4-5,8,15H,3,6-7H2,1-2H3. The van der Waals surface area contributed by atoms with Crippen molar-refractivity contribution in [3.8, 4) is 0 Å². The normalized spacial score (nSPS) is 14.0. The van der Waals surface area contributed by atoms with E-state index < -0.39 is 5.91 Å². The van der Waals surface area contributed by atoms with Gasteiger partial charge in [-0.1, -0.05) is 0 Å². The van der Waals surface area contributed by atoms with Crippen LogP contribution in [0.15, 0.2) is 18.2 Å². The van der Waals surface area contributed by atoms with Gasteiger partial charge in [0.15, 0.2) is 0 Å². The summed E-state index contributed by atoms with van der Waals surface area (Å²) >= 11 is 0. The van der Waals surface area contributed by atoms with Crippen LogP contribution in [-0.4, -0.2) is 24.6 Å². The van der Waals surface area contributed by atoms with Gasteiger partial charge in [0.25, 0.3) is 0 Å². The molecule has 2 amide bonds. The minimum Gasteiger partial charge on any atom is -0.388 e. The molecule has 0 radical (unpaired) electrons. The van der Waals surface area contributed by atoms with Crippen LogP contribution in [0.25, 0.3) is 0 Å². The van der Waals surface area contributed by atoms with E-state index in [4.69, 9.17) is 0 Å². The van der Waals surface area contributed by atoms with Crippen molar-refractivity contribution in [2.45, 2.75) is 26.2 Å². The number of fused-ring (bicyclic) bond motifs is 1. The van der Waals surface area contributed by atoms with Gasteiger partial charge in [-0.15, -0.1) is 0 Å². The number of anilines is 2. The van der Waals surface area contributed by atoms with Crippen molar-refractivity contribution < 1.29 is 14.4 Å². The molecule has 1 aromatic rings. The maximum atomic E-state index is 12.0. The number of carbonyl (C=O) groups excluding carboxylic acids is 3. The number of imide groups is 1. The van der Waals surface area contributed by atoms with Crippen molar-refractivity contribution in [2.75, 3.05) is 17.3 Å². The number of aryl methyl sites for hydroxylation is 1. The fourth-order valence-corrected chi connectivity index (χ4v) is 2.21. The third kappa shape index (κ3) is 2.65. The lowest BCUT2D eigenvalue weighted by atomic mass is 10.00. The van der Waals surface area contributed by atoms with Gasteiger partial charge in [0.2, 0.25) is 11.8 Å². The molecule has 0 saturated heterocycles. The Kier molecular flexibility index (Phi) is 3.64. The van der Waals surface area contributed by atoms with Crippen molar-refractivity contribution in [3.63, 3.8) is 0 Å². The molecule has 0 atom stereocenters. The predicted molar refractivity (Wildman–Crippen MR) is 72.1 cm³/mol. The van der Waals surface area contributed by atoms with Gasteiger partial charge in [0.1, 0.15) is 5.78 Å². The van der Waals surface area contributed by atoms with Gasteiger partial charge in [-0.3, -0.25) is 14.4 Å². The molecular formula is C14H16N2O3. The highest BCUT2D eigenvalue weighted by Crippen LogP contribution is 2.30.